The second-order valence-corrected chi connectivity index (χ2v) is 4.55. The molecule has 0 spiro atoms. The molecule has 0 aliphatic carbocycles. The van der Waals surface area contributed by atoms with Crippen molar-refractivity contribution in [3.8, 4) is 6.07 Å². The van der Waals surface area contributed by atoms with Crippen molar-refractivity contribution in [2.75, 3.05) is 13.1 Å². The monoisotopic (exact) mass is 274 g/mol. The molecule has 0 aromatic heterocycles. The molecule has 0 saturated carbocycles. The highest BCUT2D eigenvalue weighted by atomic mass is 16.4. The van der Waals surface area contributed by atoms with E-state index in [9.17, 15) is 14.7 Å². The number of hydrogen-bond donors (Lipinski definition) is 1. The van der Waals surface area contributed by atoms with Gasteiger partial charge in [0.25, 0.3) is 5.91 Å². The highest BCUT2D eigenvalue weighted by molar-refractivity contribution is 6.06. The molecule has 0 heterocycles. The Hall–Kier alpha value is -2.35. The van der Waals surface area contributed by atoms with Crippen LogP contribution in [0.4, 0.5) is 0 Å². The Bertz CT molecular complexity index is 573. The van der Waals surface area contributed by atoms with Gasteiger partial charge in [0.05, 0.1) is 23.6 Å². The number of nitriles is 1. The van der Waals surface area contributed by atoms with Gasteiger partial charge in [0.2, 0.25) is 0 Å². The summed E-state index contributed by atoms with van der Waals surface area (Å²) in [6.07, 6.45) is 0.229. The SMILES string of the molecule is CCN(CCC#N)C(=O)c1c(C)ccc(C)c1C(=O)O. The summed E-state index contributed by atoms with van der Waals surface area (Å²) in [5, 5.41) is 17.9. The minimum absolute atomic E-state index is 0.0467. The van der Waals surface area contributed by atoms with Gasteiger partial charge in [-0.05, 0) is 31.9 Å². The normalized spacial score (nSPS) is 9.90. The van der Waals surface area contributed by atoms with Crippen LogP contribution in [0.1, 0.15) is 45.2 Å². The number of carboxylic acids is 1. The molecule has 0 radical (unpaired) electrons. The molecule has 1 N–H and O–H groups in total. The molecule has 5 nitrogen and oxygen atoms in total. The van der Waals surface area contributed by atoms with Gasteiger partial charge in [-0.15, -0.1) is 0 Å². The van der Waals surface area contributed by atoms with Crippen LogP contribution in [0.3, 0.4) is 0 Å². The van der Waals surface area contributed by atoms with Crippen molar-refractivity contribution in [1.82, 2.24) is 4.90 Å². The van der Waals surface area contributed by atoms with Gasteiger partial charge in [-0.25, -0.2) is 4.79 Å². The van der Waals surface area contributed by atoms with Gasteiger partial charge in [0.1, 0.15) is 0 Å². The van der Waals surface area contributed by atoms with Crippen LogP contribution in [0.25, 0.3) is 0 Å². The van der Waals surface area contributed by atoms with Crippen LogP contribution in [-0.2, 0) is 0 Å². The summed E-state index contributed by atoms with van der Waals surface area (Å²) in [5.74, 6) is -1.44. The Morgan fingerprint density at radius 2 is 1.80 bits per heavy atom. The van der Waals surface area contributed by atoms with E-state index in [2.05, 4.69) is 0 Å². The standard InChI is InChI=1S/C15H18N2O3/c1-4-17(9-5-8-16)14(18)12-10(2)6-7-11(3)13(12)15(19)20/h6-7H,4-5,9H2,1-3H3,(H,19,20). The Balaban J connectivity index is 3.31. The first-order valence-electron chi connectivity index (χ1n) is 6.43. The van der Waals surface area contributed by atoms with Crippen LogP contribution in [0.15, 0.2) is 12.1 Å². The first-order chi connectivity index (χ1) is 9.43. The smallest absolute Gasteiger partial charge is 0.336 e. The molecule has 0 fully saturated rings. The molecule has 1 amide bonds. The van der Waals surface area contributed by atoms with Crippen LogP contribution in [-0.4, -0.2) is 35.0 Å². The van der Waals surface area contributed by atoms with E-state index in [0.717, 1.165) is 0 Å². The topological polar surface area (TPSA) is 81.4 Å². The van der Waals surface area contributed by atoms with Crippen LogP contribution in [0, 0.1) is 25.2 Å². The summed E-state index contributed by atoms with van der Waals surface area (Å²) in [5.41, 5.74) is 1.46. The summed E-state index contributed by atoms with van der Waals surface area (Å²) >= 11 is 0. The number of rotatable bonds is 5. The molecule has 0 aliphatic heterocycles. The number of hydrogen-bond acceptors (Lipinski definition) is 3. The maximum absolute atomic E-state index is 12.5. The zero-order valence-electron chi connectivity index (χ0n) is 11.9. The van der Waals surface area contributed by atoms with Crippen molar-refractivity contribution < 1.29 is 14.7 Å². The number of nitrogens with zero attached hydrogens (tertiary/aromatic N) is 2. The average Bonchev–Trinajstić information content (AvgIpc) is 2.41. The number of aromatic carboxylic acids is 1. The molecule has 0 aliphatic rings. The van der Waals surface area contributed by atoms with Crippen LogP contribution in [0.2, 0.25) is 0 Å². The van der Waals surface area contributed by atoms with Gasteiger partial charge in [0, 0.05) is 13.1 Å². The molecule has 1 aromatic carbocycles. The van der Waals surface area contributed by atoms with E-state index in [-0.39, 0.29) is 23.5 Å². The molecule has 1 aromatic rings. The van der Waals surface area contributed by atoms with E-state index < -0.39 is 5.97 Å². The van der Waals surface area contributed by atoms with Gasteiger partial charge in [-0.1, -0.05) is 12.1 Å². The van der Waals surface area contributed by atoms with Crippen molar-refractivity contribution in [2.24, 2.45) is 0 Å². The van der Waals surface area contributed by atoms with Gasteiger partial charge >= 0.3 is 5.97 Å². The Labute approximate surface area is 118 Å². The van der Waals surface area contributed by atoms with E-state index >= 15 is 0 Å². The first kappa shape index (κ1) is 15.7. The van der Waals surface area contributed by atoms with E-state index in [0.29, 0.717) is 24.2 Å². The lowest BCUT2D eigenvalue weighted by Gasteiger charge is -2.22. The quantitative estimate of drug-likeness (QED) is 0.893. The fourth-order valence-electron chi connectivity index (χ4n) is 2.11. The molecule has 20 heavy (non-hydrogen) atoms. The molecule has 106 valence electrons. The predicted molar refractivity (Wildman–Crippen MR) is 74.7 cm³/mol. The second kappa shape index (κ2) is 6.71. The maximum Gasteiger partial charge on any atom is 0.336 e. The maximum atomic E-state index is 12.5. The highest BCUT2D eigenvalue weighted by Gasteiger charge is 2.24. The molecule has 0 unspecified atom stereocenters. The summed E-state index contributed by atoms with van der Waals surface area (Å²) in [6, 6.07) is 5.43. The van der Waals surface area contributed by atoms with Gasteiger partial charge in [-0.3, -0.25) is 4.79 Å². The van der Waals surface area contributed by atoms with Crippen molar-refractivity contribution >= 4 is 11.9 Å². The number of carbonyl (C=O) groups is 2. The summed E-state index contributed by atoms with van der Waals surface area (Å²) in [6.45, 7) is 5.94. The lowest BCUT2D eigenvalue weighted by molar-refractivity contribution is 0.0676. The Kier molecular flexibility index (Phi) is 5.27. The van der Waals surface area contributed by atoms with Crippen LogP contribution < -0.4 is 0 Å². The zero-order valence-corrected chi connectivity index (χ0v) is 11.9. The van der Waals surface area contributed by atoms with Gasteiger partial charge in [-0.2, -0.15) is 5.26 Å². The summed E-state index contributed by atoms with van der Waals surface area (Å²) < 4.78 is 0. The number of amides is 1. The third kappa shape index (κ3) is 3.15. The summed E-state index contributed by atoms with van der Waals surface area (Å²) in [7, 11) is 0. The molecule has 5 heteroatoms. The third-order valence-electron chi connectivity index (χ3n) is 3.21. The molecule has 0 atom stereocenters. The number of aryl methyl sites for hydroxylation is 2. The van der Waals surface area contributed by atoms with E-state index in [1.165, 1.54) is 4.90 Å². The number of benzene rings is 1. The van der Waals surface area contributed by atoms with Crippen molar-refractivity contribution in [1.29, 1.82) is 5.26 Å². The van der Waals surface area contributed by atoms with Gasteiger partial charge < -0.3 is 10.0 Å². The lowest BCUT2D eigenvalue weighted by atomic mass is 9.96. The molecule has 1 rings (SSSR count). The van der Waals surface area contributed by atoms with Crippen LogP contribution >= 0.6 is 0 Å². The first-order valence-corrected chi connectivity index (χ1v) is 6.43. The summed E-state index contributed by atoms with van der Waals surface area (Å²) in [4.78, 5) is 25.4. The highest BCUT2D eigenvalue weighted by Crippen LogP contribution is 2.21. The van der Waals surface area contributed by atoms with Gasteiger partial charge in [0.15, 0.2) is 0 Å². The average molecular weight is 274 g/mol. The minimum atomic E-state index is -1.11. The largest absolute Gasteiger partial charge is 0.478 e. The zero-order chi connectivity index (χ0) is 15.3. The van der Waals surface area contributed by atoms with Crippen molar-refractivity contribution in [3.63, 3.8) is 0 Å². The molecular formula is C15H18N2O3. The Morgan fingerprint density at radius 3 is 2.25 bits per heavy atom. The number of carboxylic acid groups (broad SMARTS) is 1. The van der Waals surface area contributed by atoms with Crippen molar-refractivity contribution in [3.05, 3.63) is 34.4 Å². The fourth-order valence-corrected chi connectivity index (χ4v) is 2.11. The molecular weight excluding hydrogens is 256 g/mol. The van der Waals surface area contributed by atoms with Crippen molar-refractivity contribution in [2.45, 2.75) is 27.2 Å². The fraction of sp³-hybridized carbons (Fsp3) is 0.400. The predicted octanol–water partition coefficient (Wildman–Crippen LogP) is 2.38. The van der Waals surface area contributed by atoms with Crippen LogP contribution in [0.5, 0.6) is 0 Å². The Morgan fingerprint density at radius 1 is 1.25 bits per heavy atom. The van der Waals surface area contributed by atoms with E-state index in [1.807, 2.05) is 6.07 Å². The number of carbonyl (C=O) groups excluding carboxylic acids is 1. The molecule has 0 bridgehead atoms. The lowest BCUT2D eigenvalue weighted by Crippen LogP contribution is -2.33. The molecule has 0 saturated heterocycles. The van der Waals surface area contributed by atoms with E-state index in [1.54, 1.807) is 32.9 Å². The minimum Gasteiger partial charge on any atom is -0.478 e. The van der Waals surface area contributed by atoms with E-state index in [4.69, 9.17) is 5.26 Å². The second-order valence-electron chi connectivity index (χ2n) is 4.55. The third-order valence-corrected chi connectivity index (χ3v) is 3.21.